The number of nitrogens with one attached hydrogen (secondary N) is 1. The zero-order valence-corrected chi connectivity index (χ0v) is 12.9. The van der Waals surface area contributed by atoms with Crippen LogP contribution in [0, 0.1) is 5.92 Å². The molecule has 1 fully saturated rings. The van der Waals surface area contributed by atoms with E-state index in [2.05, 4.69) is 17.4 Å². The van der Waals surface area contributed by atoms with Gasteiger partial charge in [0.2, 0.25) is 11.8 Å². The highest BCUT2D eigenvalue weighted by atomic mass is 16.2. The first-order valence-corrected chi connectivity index (χ1v) is 8.49. The van der Waals surface area contributed by atoms with Crippen LogP contribution in [0.3, 0.4) is 0 Å². The van der Waals surface area contributed by atoms with Gasteiger partial charge in [0.05, 0.1) is 5.69 Å². The zero-order valence-electron chi connectivity index (χ0n) is 12.9. The Morgan fingerprint density at radius 3 is 2.55 bits per heavy atom. The van der Waals surface area contributed by atoms with Crippen molar-refractivity contribution in [1.29, 1.82) is 0 Å². The quantitative estimate of drug-likeness (QED) is 0.912. The fraction of sp³-hybridized carbons (Fsp3) is 0.556. The molecule has 116 valence electrons. The Kier molecular flexibility index (Phi) is 3.40. The van der Waals surface area contributed by atoms with Crippen molar-refractivity contribution in [3.8, 4) is 0 Å². The number of anilines is 2. The SMILES string of the molecule is O=C(Nc1cc2c3c(c1)CCN3C(=O)CC2)C1CCCCC1. The Bertz CT molecular complexity index is 632. The molecule has 0 atom stereocenters. The molecule has 0 bridgehead atoms. The minimum Gasteiger partial charge on any atom is -0.326 e. The molecule has 22 heavy (non-hydrogen) atoms. The molecule has 2 aliphatic heterocycles. The van der Waals surface area contributed by atoms with E-state index in [0.717, 1.165) is 43.6 Å². The van der Waals surface area contributed by atoms with Crippen LogP contribution in [-0.2, 0) is 22.4 Å². The van der Waals surface area contributed by atoms with Crippen LogP contribution in [0.25, 0.3) is 0 Å². The second kappa shape index (κ2) is 5.41. The van der Waals surface area contributed by atoms with Gasteiger partial charge in [-0.2, -0.15) is 0 Å². The molecule has 0 aromatic heterocycles. The first kappa shape index (κ1) is 13.8. The third-order valence-corrected chi connectivity index (χ3v) is 5.30. The fourth-order valence-electron chi connectivity index (χ4n) is 4.14. The first-order valence-electron chi connectivity index (χ1n) is 8.49. The van der Waals surface area contributed by atoms with Crippen LogP contribution in [0.2, 0.25) is 0 Å². The van der Waals surface area contributed by atoms with Crippen molar-refractivity contribution in [2.45, 2.75) is 51.4 Å². The largest absolute Gasteiger partial charge is 0.326 e. The van der Waals surface area contributed by atoms with Gasteiger partial charge in [0.25, 0.3) is 0 Å². The van der Waals surface area contributed by atoms with Crippen molar-refractivity contribution < 1.29 is 9.59 Å². The molecule has 4 heteroatoms. The average Bonchev–Trinajstić information content (AvgIpc) is 2.97. The first-order chi connectivity index (χ1) is 10.7. The number of carbonyl (C=O) groups excluding carboxylic acids is 2. The summed E-state index contributed by atoms with van der Waals surface area (Å²) in [6.45, 7) is 0.793. The molecule has 1 aromatic carbocycles. The minimum absolute atomic E-state index is 0.175. The summed E-state index contributed by atoms with van der Waals surface area (Å²) in [5.74, 6) is 0.593. The Morgan fingerprint density at radius 2 is 1.77 bits per heavy atom. The van der Waals surface area contributed by atoms with Crippen LogP contribution in [0.5, 0.6) is 0 Å². The molecule has 0 spiro atoms. The third-order valence-electron chi connectivity index (χ3n) is 5.30. The van der Waals surface area contributed by atoms with Gasteiger partial charge in [-0.05, 0) is 48.9 Å². The number of amides is 2. The molecule has 2 heterocycles. The van der Waals surface area contributed by atoms with Crippen LogP contribution >= 0.6 is 0 Å². The van der Waals surface area contributed by atoms with Crippen LogP contribution in [-0.4, -0.2) is 18.4 Å². The lowest BCUT2D eigenvalue weighted by molar-refractivity contribution is -0.121. The van der Waals surface area contributed by atoms with Gasteiger partial charge in [0.1, 0.15) is 0 Å². The van der Waals surface area contributed by atoms with Crippen LogP contribution in [0.1, 0.15) is 49.7 Å². The average molecular weight is 298 g/mol. The van der Waals surface area contributed by atoms with Crippen molar-refractivity contribution in [3.05, 3.63) is 23.3 Å². The fourth-order valence-corrected chi connectivity index (χ4v) is 4.14. The number of hydrogen-bond acceptors (Lipinski definition) is 2. The second-order valence-corrected chi connectivity index (χ2v) is 6.76. The van der Waals surface area contributed by atoms with E-state index < -0.39 is 0 Å². The van der Waals surface area contributed by atoms with E-state index in [1.165, 1.54) is 30.4 Å². The number of benzene rings is 1. The minimum atomic E-state index is 0.175. The van der Waals surface area contributed by atoms with Crippen molar-refractivity contribution in [2.24, 2.45) is 5.92 Å². The molecule has 1 saturated carbocycles. The zero-order chi connectivity index (χ0) is 15.1. The predicted octanol–water partition coefficient (Wildman–Crippen LogP) is 3.04. The highest BCUT2D eigenvalue weighted by Gasteiger charge is 2.31. The molecule has 0 saturated heterocycles. The molecule has 1 N–H and O–H groups in total. The summed E-state index contributed by atoms with van der Waals surface area (Å²) < 4.78 is 0. The van der Waals surface area contributed by atoms with Gasteiger partial charge in [-0.25, -0.2) is 0 Å². The number of aryl methyl sites for hydroxylation is 1. The van der Waals surface area contributed by atoms with Gasteiger partial charge < -0.3 is 10.2 Å². The summed E-state index contributed by atoms with van der Waals surface area (Å²) in [7, 11) is 0. The van der Waals surface area contributed by atoms with E-state index >= 15 is 0 Å². The summed E-state index contributed by atoms with van der Waals surface area (Å²) in [6.07, 6.45) is 7.93. The Balaban J connectivity index is 1.57. The van der Waals surface area contributed by atoms with Gasteiger partial charge in [0.15, 0.2) is 0 Å². The number of nitrogens with zero attached hydrogens (tertiary/aromatic N) is 1. The number of hydrogen-bond donors (Lipinski definition) is 1. The predicted molar refractivity (Wildman–Crippen MR) is 86.0 cm³/mol. The molecule has 0 unspecified atom stereocenters. The summed E-state index contributed by atoms with van der Waals surface area (Å²) >= 11 is 0. The van der Waals surface area contributed by atoms with Crippen LogP contribution in [0.15, 0.2) is 12.1 Å². The van der Waals surface area contributed by atoms with E-state index in [0.29, 0.717) is 6.42 Å². The van der Waals surface area contributed by atoms with Crippen LogP contribution in [0.4, 0.5) is 11.4 Å². The van der Waals surface area contributed by atoms with Crippen molar-refractivity contribution in [3.63, 3.8) is 0 Å². The van der Waals surface area contributed by atoms with Gasteiger partial charge in [-0.1, -0.05) is 19.3 Å². The third kappa shape index (κ3) is 2.31. The molecule has 4 rings (SSSR count). The summed E-state index contributed by atoms with van der Waals surface area (Å²) in [4.78, 5) is 26.3. The van der Waals surface area contributed by atoms with Crippen molar-refractivity contribution in [1.82, 2.24) is 0 Å². The Labute approximate surface area is 130 Å². The second-order valence-electron chi connectivity index (χ2n) is 6.76. The maximum Gasteiger partial charge on any atom is 0.227 e. The highest BCUT2D eigenvalue weighted by Crippen LogP contribution is 2.39. The molecule has 2 amide bonds. The van der Waals surface area contributed by atoms with E-state index in [1.807, 2.05) is 4.90 Å². The summed E-state index contributed by atoms with van der Waals surface area (Å²) in [5, 5.41) is 3.12. The van der Waals surface area contributed by atoms with E-state index in [-0.39, 0.29) is 17.7 Å². The Hall–Kier alpha value is -1.84. The molecule has 4 nitrogen and oxygen atoms in total. The molecular formula is C18H22N2O2. The van der Waals surface area contributed by atoms with E-state index in [4.69, 9.17) is 0 Å². The normalized spacial score (nSPS) is 20.9. The molecule has 1 aromatic rings. The lowest BCUT2D eigenvalue weighted by atomic mass is 9.88. The van der Waals surface area contributed by atoms with Gasteiger partial charge >= 0.3 is 0 Å². The van der Waals surface area contributed by atoms with E-state index in [1.54, 1.807) is 0 Å². The molecule has 1 aliphatic carbocycles. The van der Waals surface area contributed by atoms with Gasteiger partial charge in [0, 0.05) is 24.6 Å². The van der Waals surface area contributed by atoms with E-state index in [9.17, 15) is 9.59 Å². The van der Waals surface area contributed by atoms with Gasteiger partial charge in [-0.3, -0.25) is 9.59 Å². The molecule has 0 radical (unpaired) electrons. The number of carbonyl (C=O) groups is 2. The maximum absolute atomic E-state index is 12.4. The highest BCUT2D eigenvalue weighted by molar-refractivity contribution is 6.00. The summed E-state index contributed by atoms with van der Waals surface area (Å²) in [6, 6.07) is 4.14. The molecule has 3 aliphatic rings. The Morgan fingerprint density at radius 1 is 1.05 bits per heavy atom. The summed E-state index contributed by atoms with van der Waals surface area (Å²) in [5.41, 5.74) is 4.46. The van der Waals surface area contributed by atoms with Gasteiger partial charge in [-0.15, -0.1) is 0 Å². The smallest absolute Gasteiger partial charge is 0.227 e. The van der Waals surface area contributed by atoms with Crippen molar-refractivity contribution in [2.75, 3.05) is 16.8 Å². The standard InChI is InChI=1S/C18H22N2O2/c21-16-7-6-13-10-15(11-14-8-9-20(16)17(13)14)19-18(22)12-4-2-1-3-5-12/h10-12H,1-9H2,(H,19,22). The van der Waals surface area contributed by atoms with Crippen molar-refractivity contribution >= 4 is 23.2 Å². The topological polar surface area (TPSA) is 49.4 Å². The monoisotopic (exact) mass is 298 g/mol. The lowest BCUT2D eigenvalue weighted by Gasteiger charge is -2.26. The molecular weight excluding hydrogens is 276 g/mol. The van der Waals surface area contributed by atoms with Crippen LogP contribution < -0.4 is 10.2 Å². The lowest BCUT2D eigenvalue weighted by Crippen LogP contribution is -2.33. The number of rotatable bonds is 2. The maximum atomic E-state index is 12.4.